The van der Waals surface area contributed by atoms with Crippen LogP contribution in [0.4, 0.5) is 0 Å². The third-order valence-corrected chi connectivity index (χ3v) is 6.33. The van der Waals surface area contributed by atoms with E-state index in [4.69, 9.17) is 0 Å². The molecule has 0 saturated carbocycles. The Bertz CT molecular complexity index is 577. The molecular formula is C22H36N4O. The summed E-state index contributed by atoms with van der Waals surface area (Å²) in [5.74, 6) is 1.00. The number of piperazine rings is 1. The van der Waals surface area contributed by atoms with Crippen LogP contribution in [-0.2, 0) is 4.79 Å². The maximum absolute atomic E-state index is 13.3. The number of amides is 1. The van der Waals surface area contributed by atoms with Gasteiger partial charge in [0.2, 0.25) is 5.91 Å². The Morgan fingerprint density at radius 3 is 2.30 bits per heavy atom. The van der Waals surface area contributed by atoms with Gasteiger partial charge in [0.1, 0.15) is 6.04 Å². The van der Waals surface area contributed by atoms with Gasteiger partial charge in [0, 0.05) is 45.8 Å². The lowest BCUT2D eigenvalue weighted by Gasteiger charge is -2.39. The molecule has 1 amide bonds. The molecule has 1 aromatic rings. The zero-order valence-electron chi connectivity index (χ0n) is 17.3. The molecule has 150 valence electrons. The molecule has 0 N–H and O–H groups in total. The third-order valence-electron chi connectivity index (χ3n) is 6.33. The third kappa shape index (κ3) is 5.31. The minimum absolute atomic E-state index is 0.162. The van der Waals surface area contributed by atoms with Gasteiger partial charge in [0.25, 0.3) is 0 Å². The first-order chi connectivity index (χ1) is 13.1. The molecule has 1 atom stereocenters. The van der Waals surface area contributed by atoms with Crippen molar-refractivity contribution in [2.45, 2.75) is 25.8 Å². The summed E-state index contributed by atoms with van der Waals surface area (Å²) in [4.78, 5) is 22.6. The largest absolute Gasteiger partial charge is 0.341 e. The zero-order chi connectivity index (χ0) is 19.2. The summed E-state index contributed by atoms with van der Waals surface area (Å²) < 4.78 is 0. The van der Waals surface area contributed by atoms with Crippen molar-refractivity contribution in [3.63, 3.8) is 0 Å². The fraction of sp³-hybridized carbons (Fsp3) is 0.682. The molecule has 1 unspecified atom stereocenters. The molecule has 5 heteroatoms. The highest BCUT2D eigenvalue weighted by molar-refractivity contribution is 5.83. The number of hydrogen-bond acceptors (Lipinski definition) is 4. The molecule has 0 radical (unpaired) electrons. The minimum atomic E-state index is -0.162. The van der Waals surface area contributed by atoms with E-state index >= 15 is 0 Å². The number of hydrogen-bond donors (Lipinski definition) is 0. The maximum Gasteiger partial charge on any atom is 0.244 e. The molecule has 2 aliphatic heterocycles. The number of carbonyl (C=O) groups excluding carboxylic acids is 1. The molecule has 2 aliphatic rings. The second-order valence-corrected chi connectivity index (χ2v) is 8.26. The second-order valence-electron chi connectivity index (χ2n) is 8.26. The van der Waals surface area contributed by atoms with Crippen LogP contribution in [0.25, 0.3) is 0 Å². The topological polar surface area (TPSA) is 30.0 Å². The molecule has 2 fully saturated rings. The number of piperidine rings is 1. The van der Waals surface area contributed by atoms with Gasteiger partial charge in [0.05, 0.1) is 0 Å². The van der Waals surface area contributed by atoms with Crippen molar-refractivity contribution in [2.75, 3.05) is 66.5 Å². The van der Waals surface area contributed by atoms with Gasteiger partial charge in [-0.25, -0.2) is 0 Å². The first kappa shape index (κ1) is 20.3. The molecule has 0 bridgehead atoms. The van der Waals surface area contributed by atoms with E-state index in [1.807, 2.05) is 18.2 Å². The summed E-state index contributed by atoms with van der Waals surface area (Å²) in [5, 5.41) is 0. The zero-order valence-corrected chi connectivity index (χ0v) is 17.3. The first-order valence-corrected chi connectivity index (χ1v) is 10.5. The predicted molar refractivity (Wildman–Crippen MR) is 111 cm³/mol. The number of likely N-dealkylation sites (tertiary alicyclic amines) is 1. The van der Waals surface area contributed by atoms with Crippen molar-refractivity contribution >= 4 is 5.91 Å². The second kappa shape index (κ2) is 9.67. The minimum Gasteiger partial charge on any atom is -0.341 e. The molecule has 0 aromatic heterocycles. The Hall–Kier alpha value is -1.43. The van der Waals surface area contributed by atoms with Crippen LogP contribution >= 0.6 is 0 Å². The lowest BCUT2D eigenvalue weighted by molar-refractivity contribution is -0.138. The Balaban J connectivity index is 1.55. The standard InChI is InChI=1S/C22H36N4O/c1-4-24(3)21(20-8-6-5-7-9-20)22(27)26-12-10-19(11-13-26)18-25-16-14-23(2)15-17-25/h5-9,19,21H,4,10-18H2,1-3H3. The summed E-state index contributed by atoms with van der Waals surface area (Å²) in [5.41, 5.74) is 1.10. The molecule has 0 spiro atoms. The van der Waals surface area contributed by atoms with Crippen LogP contribution in [0.5, 0.6) is 0 Å². The number of rotatable bonds is 6. The Morgan fingerprint density at radius 2 is 1.70 bits per heavy atom. The highest BCUT2D eigenvalue weighted by Gasteiger charge is 2.31. The van der Waals surface area contributed by atoms with Gasteiger partial charge in [-0.3, -0.25) is 9.69 Å². The summed E-state index contributed by atoms with van der Waals surface area (Å²) in [6.45, 7) is 10.7. The lowest BCUT2D eigenvalue weighted by Crippen LogP contribution is -2.49. The van der Waals surface area contributed by atoms with Crippen molar-refractivity contribution in [3.05, 3.63) is 35.9 Å². The number of benzene rings is 1. The molecular weight excluding hydrogens is 336 g/mol. The molecule has 3 rings (SSSR count). The molecule has 0 aliphatic carbocycles. The van der Waals surface area contributed by atoms with Crippen LogP contribution in [0.15, 0.2) is 30.3 Å². The van der Waals surface area contributed by atoms with E-state index in [9.17, 15) is 4.79 Å². The van der Waals surface area contributed by atoms with E-state index in [0.717, 1.165) is 44.0 Å². The highest BCUT2D eigenvalue weighted by Crippen LogP contribution is 2.26. The average molecular weight is 373 g/mol. The number of nitrogens with zero attached hydrogens (tertiary/aromatic N) is 4. The summed E-state index contributed by atoms with van der Waals surface area (Å²) in [6, 6.07) is 10.1. The monoisotopic (exact) mass is 372 g/mol. The average Bonchev–Trinajstić information content (AvgIpc) is 2.71. The molecule has 2 heterocycles. The predicted octanol–water partition coefficient (Wildman–Crippen LogP) is 2.17. The van der Waals surface area contributed by atoms with E-state index in [-0.39, 0.29) is 11.9 Å². The SMILES string of the molecule is CCN(C)C(C(=O)N1CCC(CN2CCN(C)CC2)CC1)c1ccccc1. The Morgan fingerprint density at radius 1 is 1.07 bits per heavy atom. The van der Waals surface area contributed by atoms with Crippen LogP contribution in [0.3, 0.4) is 0 Å². The number of likely N-dealkylation sites (N-methyl/N-ethyl adjacent to an activating group) is 2. The van der Waals surface area contributed by atoms with Gasteiger partial charge in [-0.05, 0) is 45.0 Å². The van der Waals surface area contributed by atoms with Crippen molar-refractivity contribution in [1.29, 1.82) is 0 Å². The van der Waals surface area contributed by atoms with Gasteiger partial charge in [0.15, 0.2) is 0 Å². The molecule has 1 aromatic carbocycles. The van der Waals surface area contributed by atoms with E-state index in [1.165, 1.54) is 32.7 Å². The number of carbonyl (C=O) groups is 1. The fourth-order valence-corrected chi connectivity index (χ4v) is 4.31. The van der Waals surface area contributed by atoms with Crippen molar-refractivity contribution < 1.29 is 4.79 Å². The van der Waals surface area contributed by atoms with E-state index < -0.39 is 0 Å². The maximum atomic E-state index is 13.3. The summed E-state index contributed by atoms with van der Waals surface area (Å²) >= 11 is 0. The van der Waals surface area contributed by atoms with Gasteiger partial charge in [-0.1, -0.05) is 37.3 Å². The van der Waals surface area contributed by atoms with Crippen LogP contribution in [-0.4, -0.2) is 92.0 Å². The quantitative estimate of drug-likeness (QED) is 0.766. The van der Waals surface area contributed by atoms with Crippen LogP contribution < -0.4 is 0 Å². The molecule has 27 heavy (non-hydrogen) atoms. The Labute approximate surface area is 164 Å². The van der Waals surface area contributed by atoms with E-state index in [2.05, 4.69) is 52.8 Å². The highest BCUT2D eigenvalue weighted by atomic mass is 16.2. The smallest absolute Gasteiger partial charge is 0.244 e. The van der Waals surface area contributed by atoms with Crippen molar-refractivity contribution in [1.82, 2.24) is 19.6 Å². The molecule has 2 saturated heterocycles. The van der Waals surface area contributed by atoms with Gasteiger partial charge in [-0.2, -0.15) is 0 Å². The fourth-order valence-electron chi connectivity index (χ4n) is 4.31. The lowest BCUT2D eigenvalue weighted by atomic mass is 9.94. The van der Waals surface area contributed by atoms with E-state index in [0.29, 0.717) is 0 Å². The van der Waals surface area contributed by atoms with E-state index in [1.54, 1.807) is 0 Å². The van der Waals surface area contributed by atoms with Crippen molar-refractivity contribution in [2.24, 2.45) is 5.92 Å². The van der Waals surface area contributed by atoms with Crippen LogP contribution in [0.1, 0.15) is 31.4 Å². The normalized spacial score (nSPS) is 21.6. The van der Waals surface area contributed by atoms with Crippen molar-refractivity contribution in [3.8, 4) is 0 Å². The van der Waals surface area contributed by atoms with Gasteiger partial charge >= 0.3 is 0 Å². The van der Waals surface area contributed by atoms with Crippen LogP contribution in [0, 0.1) is 5.92 Å². The Kier molecular flexibility index (Phi) is 7.27. The van der Waals surface area contributed by atoms with Crippen LogP contribution in [0.2, 0.25) is 0 Å². The first-order valence-electron chi connectivity index (χ1n) is 10.5. The summed E-state index contributed by atoms with van der Waals surface area (Å²) in [7, 11) is 4.26. The van der Waals surface area contributed by atoms with Gasteiger partial charge < -0.3 is 14.7 Å². The summed E-state index contributed by atoms with van der Waals surface area (Å²) in [6.07, 6.45) is 2.27. The molecule has 5 nitrogen and oxygen atoms in total. The van der Waals surface area contributed by atoms with Gasteiger partial charge in [-0.15, -0.1) is 0 Å².